The monoisotopic (exact) mass is 171 g/mol. The van der Waals surface area contributed by atoms with Gasteiger partial charge in [-0.25, -0.2) is 0 Å². The fraction of sp³-hybridized carbons (Fsp3) is 1.00. The highest BCUT2D eigenvalue weighted by Crippen LogP contribution is 2.36. The van der Waals surface area contributed by atoms with Gasteiger partial charge in [0.1, 0.15) is 0 Å². The van der Waals surface area contributed by atoms with Gasteiger partial charge in [-0.3, -0.25) is 0 Å². The molecule has 0 aromatic rings. The number of rotatable bonds is 0. The van der Waals surface area contributed by atoms with Gasteiger partial charge in [-0.1, -0.05) is 0 Å². The summed E-state index contributed by atoms with van der Waals surface area (Å²) < 4.78 is 0. The SMILES string of the molecule is CC1(N)CC(C)(N)CC(C)(N)C1. The summed E-state index contributed by atoms with van der Waals surface area (Å²) in [5, 5.41) is 0. The molecule has 0 heterocycles. The molecule has 0 radical (unpaired) electrons. The maximum Gasteiger partial charge on any atom is 0.0160 e. The Hall–Kier alpha value is -0.120. The van der Waals surface area contributed by atoms with E-state index in [0.717, 1.165) is 19.3 Å². The highest BCUT2D eigenvalue weighted by atomic mass is 14.9. The van der Waals surface area contributed by atoms with Crippen LogP contribution in [0.2, 0.25) is 0 Å². The first kappa shape index (κ1) is 9.96. The Morgan fingerprint density at radius 1 is 0.667 bits per heavy atom. The van der Waals surface area contributed by atoms with Gasteiger partial charge < -0.3 is 17.2 Å². The fourth-order valence-electron chi connectivity index (χ4n) is 2.96. The van der Waals surface area contributed by atoms with E-state index in [-0.39, 0.29) is 16.6 Å². The Morgan fingerprint density at radius 2 is 0.833 bits per heavy atom. The van der Waals surface area contributed by atoms with Crippen LogP contribution < -0.4 is 17.2 Å². The third kappa shape index (κ3) is 2.44. The highest BCUT2D eigenvalue weighted by molar-refractivity contribution is 5.06. The fourth-order valence-corrected chi connectivity index (χ4v) is 2.96. The van der Waals surface area contributed by atoms with Crippen molar-refractivity contribution in [2.24, 2.45) is 17.2 Å². The Bertz CT molecular complexity index is 137. The van der Waals surface area contributed by atoms with Gasteiger partial charge in [-0.2, -0.15) is 0 Å². The molecule has 0 bridgehead atoms. The van der Waals surface area contributed by atoms with E-state index in [1.165, 1.54) is 0 Å². The standard InChI is InChI=1S/C9H21N3/c1-7(10)4-8(2,11)6-9(3,12)5-7/h4-6,10-12H2,1-3H3. The lowest BCUT2D eigenvalue weighted by molar-refractivity contribution is 0.144. The predicted octanol–water partition coefficient (Wildman–Crippen LogP) is 0.323. The van der Waals surface area contributed by atoms with Crippen LogP contribution in [0.1, 0.15) is 40.0 Å². The van der Waals surface area contributed by atoms with Crippen molar-refractivity contribution < 1.29 is 0 Å². The second-order valence-corrected chi connectivity index (χ2v) is 5.49. The maximum absolute atomic E-state index is 6.07. The second-order valence-electron chi connectivity index (χ2n) is 5.49. The van der Waals surface area contributed by atoms with Crippen LogP contribution >= 0.6 is 0 Å². The molecule has 0 aliphatic heterocycles. The van der Waals surface area contributed by atoms with E-state index in [4.69, 9.17) is 17.2 Å². The molecule has 0 aromatic heterocycles. The van der Waals surface area contributed by atoms with E-state index in [0.29, 0.717) is 0 Å². The van der Waals surface area contributed by atoms with Crippen LogP contribution in [-0.4, -0.2) is 16.6 Å². The van der Waals surface area contributed by atoms with Crippen molar-refractivity contribution in [1.82, 2.24) is 0 Å². The smallest absolute Gasteiger partial charge is 0.0160 e. The van der Waals surface area contributed by atoms with Gasteiger partial charge in [0.25, 0.3) is 0 Å². The summed E-state index contributed by atoms with van der Waals surface area (Å²) >= 11 is 0. The molecule has 0 amide bonds. The summed E-state index contributed by atoms with van der Waals surface area (Å²) in [6.45, 7) is 6.09. The topological polar surface area (TPSA) is 78.1 Å². The summed E-state index contributed by atoms with van der Waals surface area (Å²) in [5.41, 5.74) is 17.6. The van der Waals surface area contributed by atoms with Crippen molar-refractivity contribution in [3.8, 4) is 0 Å². The first-order valence-electron chi connectivity index (χ1n) is 4.49. The Kier molecular flexibility index (Phi) is 2.02. The van der Waals surface area contributed by atoms with E-state index in [9.17, 15) is 0 Å². The third-order valence-corrected chi connectivity index (χ3v) is 2.42. The van der Waals surface area contributed by atoms with Gasteiger partial charge in [0.05, 0.1) is 0 Å². The quantitative estimate of drug-likeness (QED) is 0.491. The molecular formula is C9H21N3. The molecule has 3 heteroatoms. The van der Waals surface area contributed by atoms with Crippen LogP contribution in [0, 0.1) is 0 Å². The molecule has 12 heavy (non-hydrogen) atoms. The molecule has 1 aliphatic rings. The predicted molar refractivity (Wildman–Crippen MR) is 51.6 cm³/mol. The Balaban J connectivity index is 2.81. The molecule has 0 atom stereocenters. The minimum atomic E-state index is -0.203. The van der Waals surface area contributed by atoms with Gasteiger partial charge in [-0.05, 0) is 40.0 Å². The molecule has 6 N–H and O–H groups in total. The van der Waals surface area contributed by atoms with E-state index >= 15 is 0 Å². The first-order valence-corrected chi connectivity index (χ1v) is 4.49. The van der Waals surface area contributed by atoms with E-state index < -0.39 is 0 Å². The van der Waals surface area contributed by atoms with Gasteiger partial charge in [0.2, 0.25) is 0 Å². The third-order valence-electron chi connectivity index (χ3n) is 2.42. The van der Waals surface area contributed by atoms with Gasteiger partial charge in [0.15, 0.2) is 0 Å². The van der Waals surface area contributed by atoms with Crippen LogP contribution in [0.3, 0.4) is 0 Å². The van der Waals surface area contributed by atoms with Gasteiger partial charge >= 0.3 is 0 Å². The number of hydrogen-bond acceptors (Lipinski definition) is 3. The van der Waals surface area contributed by atoms with E-state index in [2.05, 4.69) is 0 Å². The zero-order valence-electron chi connectivity index (χ0n) is 8.35. The second kappa shape index (κ2) is 2.44. The van der Waals surface area contributed by atoms with Crippen LogP contribution in [0.25, 0.3) is 0 Å². The number of hydrogen-bond donors (Lipinski definition) is 3. The maximum atomic E-state index is 6.07. The lowest BCUT2D eigenvalue weighted by atomic mass is 9.66. The molecular weight excluding hydrogens is 150 g/mol. The number of nitrogens with two attached hydrogens (primary N) is 3. The van der Waals surface area contributed by atoms with Crippen molar-refractivity contribution in [3.63, 3.8) is 0 Å². The molecule has 0 saturated heterocycles. The Labute approximate surface area is 74.7 Å². The van der Waals surface area contributed by atoms with Gasteiger partial charge in [-0.15, -0.1) is 0 Å². The molecule has 3 nitrogen and oxygen atoms in total. The molecule has 0 aromatic carbocycles. The molecule has 72 valence electrons. The van der Waals surface area contributed by atoms with Crippen molar-refractivity contribution >= 4 is 0 Å². The molecule has 0 spiro atoms. The largest absolute Gasteiger partial charge is 0.325 e. The summed E-state index contributed by atoms with van der Waals surface area (Å²) in [4.78, 5) is 0. The zero-order valence-corrected chi connectivity index (χ0v) is 8.35. The van der Waals surface area contributed by atoms with Crippen LogP contribution in [-0.2, 0) is 0 Å². The lowest BCUT2D eigenvalue weighted by Gasteiger charge is -2.48. The normalized spacial score (nSPS) is 55.5. The van der Waals surface area contributed by atoms with E-state index in [1.807, 2.05) is 20.8 Å². The molecule has 1 rings (SSSR count). The lowest BCUT2D eigenvalue weighted by Crippen LogP contribution is -2.63. The summed E-state index contributed by atoms with van der Waals surface area (Å²) in [6, 6.07) is 0. The van der Waals surface area contributed by atoms with Crippen LogP contribution in [0.5, 0.6) is 0 Å². The summed E-state index contributed by atoms with van der Waals surface area (Å²) in [6.07, 6.45) is 2.56. The van der Waals surface area contributed by atoms with Crippen LogP contribution in [0.4, 0.5) is 0 Å². The molecule has 1 fully saturated rings. The molecule has 1 aliphatic carbocycles. The van der Waals surface area contributed by atoms with Gasteiger partial charge in [0, 0.05) is 16.6 Å². The Morgan fingerprint density at radius 3 is 1.00 bits per heavy atom. The van der Waals surface area contributed by atoms with Crippen molar-refractivity contribution in [1.29, 1.82) is 0 Å². The minimum absolute atomic E-state index is 0.203. The summed E-state index contributed by atoms with van der Waals surface area (Å²) in [5.74, 6) is 0. The zero-order chi connectivity index (χ0) is 9.62. The first-order chi connectivity index (χ1) is 5.12. The minimum Gasteiger partial charge on any atom is -0.325 e. The van der Waals surface area contributed by atoms with E-state index in [1.54, 1.807) is 0 Å². The molecule has 0 unspecified atom stereocenters. The van der Waals surface area contributed by atoms with Crippen LogP contribution in [0.15, 0.2) is 0 Å². The summed E-state index contributed by atoms with van der Waals surface area (Å²) in [7, 11) is 0. The van der Waals surface area contributed by atoms with Crippen molar-refractivity contribution in [3.05, 3.63) is 0 Å². The average molecular weight is 171 g/mol. The average Bonchev–Trinajstić information content (AvgIpc) is 1.44. The highest BCUT2D eigenvalue weighted by Gasteiger charge is 2.43. The van der Waals surface area contributed by atoms with Crippen molar-refractivity contribution in [2.75, 3.05) is 0 Å². The molecule has 1 saturated carbocycles. The van der Waals surface area contributed by atoms with Crippen molar-refractivity contribution in [2.45, 2.75) is 56.7 Å².